The maximum absolute atomic E-state index is 11.6. The van der Waals surface area contributed by atoms with Crippen LogP contribution in [0.3, 0.4) is 0 Å². The van der Waals surface area contributed by atoms with Gasteiger partial charge in [-0.1, -0.05) is 12.1 Å². The quantitative estimate of drug-likeness (QED) is 0.779. The number of ether oxygens (including phenoxy) is 1. The Labute approximate surface area is 80.4 Å². The van der Waals surface area contributed by atoms with Crippen LogP contribution in [0.5, 0.6) is 5.75 Å². The molecule has 0 aliphatic carbocycles. The molecule has 0 saturated heterocycles. The van der Waals surface area contributed by atoms with E-state index in [0.717, 1.165) is 4.90 Å². The first kappa shape index (κ1) is 10.2. The molecule has 0 aliphatic heterocycles. The van der Waals surface area contributed by atoms with Crippen molar-refractivity contribution < 1.29 is 8.95 Å². The summed E-state index contributed by atoms with van der Waals surface area (Å²) in [5.41, 5.74) is 5.32. The van der Waals surface area contributed by atoms with Gasteiger partial charge in [0, 0.05) is 12.3 Å². The minimum absolute atomic E-state index is 0.421. The largest absolute Gasteiger partial charge is 0.495 e. The summed E-state index contributed by atoms with van der Waals surface area (Å²) >= 11 is 0. The number of rotatable bonds is 4. The molecule has 0 fully saturated rings. The summed E-state index contributed by atoms with van der Waals surface area (Å²) in [6.45, 7) is 0.421. The number of benzene rings is 1. The fraction of sp³-hybridized carbons (Fsp3) is 0.333. The van der Waals surface area contributed by atoms with Crippen molar-refractivity contribution in [1.82, 2.24) is 0 Å². The van der Waals surface area contributed by atoms with Crippen LogP contribution in [-0.2, 0) is 10.8 Å². The van der Waals surface area contributed by atoms with Gasteiger partial charge in [0.15, 0.2) is 0 Å². The first-order chi connectivity index (χ1) is 6.29. The molecule has 1 atom stereocenters. The van der Waals surface area contributed by atoms with Crippen molar-refractivity contribution in [2.75, 3.05) is 19.4 Å². The van der Waals surface area contributed by atoms with Crippen molar-refractivity contribution in [2.24, 2.45) is 5.73 Å². The Morgan fingerprint density at radius 2 is 2.15 bits per heavy atom. The highest BCUT2D eigenvalue weighted by atomic mass is 32.2. The van der Waals surface area contributed by atoms with Crippen LogP contribution in [0, 0.1) is 0 Å². The van der Waals surface area contributed by atoms with E-state index in [2.05, 4.69) is 0 Å². The Bertz CT molecular complexity index is 301. The molecule has 0 aromatic heterocycles. The number of methoxy groups -OCH3 is 1. The molecule has 0 heterocycles. The van der Waals surface area contributed by atoms with E-state index >= 15 is 0 Å². The van der Waals surface area contributed by atoms with Crippen LogP contribution in [0.1, 0.15) is 0 Å². The predicted molar refractivity (Wildman–Crippen MR) is 53.3 cm³/mol. The molecule has 1 unspecified atom stereocenters. The Balaban J connectivity index is 2.92. The highest BCUT2D eigenvalue weighted by Crippen LogP contribution is 2.20. The third kappa shape index (κ3) is 2.54. The van der Waals surface area contributed by atoms with Gasteiger partial charge in [0.2, 0.25) is 0 Å². The molecule has 72 valence electrons. The summed E-state index contributed by atoms with van der Waals surface area (Å²) in [5, 5.41) is 0. The first-order valence-corrected chi connectivity index (χ1v) is 5.33. The van der Waals surface area contributed by atoms with Crippen LogP contribution in [0.4, 0.5) is 0 Å². The Morgan fingerprint density at radius 1 is 1.46 bits per heavy atom. The van der Waals surface area contributed by atoms with Crippen LogP contribution in [0.25, 0.3) is 0 Å². The lowest BCUT2D eigenvalue weighted by atomic mass is 10.3. The van der Waals surface area contributed by atoms with E-state index in [1.165, 1.54) is 0 Å². The van der Waals surface area contributed by atoms with E-state index in [9.17, 15) is 4.21 Å². The second kappa shape index (κ2) is 4.99. The van der Waals surface area contributed by atoms with Crippen molar-refractivity contribution in [3.63, 3.8) is 0 Å². The summed E-state index contributed by atoms with van der Waals surface area (Å²) in [6.07, 6.45) is 0. The van der Waals surface area contributed by atoms with E-state index in [1.54, 1.807) is 19.2 Å². The number of hydrogen-bond donors (Lipinski definition) is 1. The van der Waals surface area contributed by atoms with Crippen LogP contribution in [0.2, 0.25) is 0 Å². The summed E-state index contributed by atoms with van der Waals surface area (Å²) in [4.78, 5) is 0.718. The monoisotopic (exact) mass is 199 g/mol. The molecule has 0 amide bonds. The van der Waals surface area contributed by atoms with E-state index in [0.29, 0.717) is 18.0 Å². The normalized spacial score (nSPS) is 12.5. The molecule has 1 aromatic carbocycles. The molecule has 0 saturated carbocycles. The van der Waals surface area contributed by atoms with E-state index in [4.69, 9.17) is 10.5 Å². The predicted octanol–water partition coefficient (Wildman–Crippen LogP) is 0.762. The zero-order valence-corrected chi connectivity index (χ0v) is 8.34. The average Bonchev–Trinajstić information content (AvgIpc) is 2.18. The Kier molecular flexibility index (Phi) is 3.92. The number of hydrogen-bond acceptors (Lipinski definition) is 3. The third-order valence-corrected chi connectivity index (χ3v) is 3.05. The zero-order chi connectivity index (χ0) is 9.68. The maximum atomic E-state index is 11.6. The van der Waals surface area contributed by atoms with Gasteiger partial charge in [0.25, 0.3) is 0 Å². The minimum Gasteiger partial charge on any atom is -0.495 e. The van der Waals surface area contributed by atoms with Gasteiger partial charge in [-0.05, 0) is 12.1 Å². The molecule has 1 aromatic rings. The molecule has 0 aliphatic rings. The number of nitrogens with two attached hydrogens (primary N) is 1. The average molecular weight is 199 g/mol. The topological polar surface area (TPSA) is 52.3 Å². The van der Waals surface area contributed by atoms with Gasteiger partial charge in [0.05, 0.1) is 22.8 Å². The summed E-state index contributed by atoms with van der Waals surface area (Å²) in [6, 6.07) is 7.28. The molecule has 0 radical (unpaired) electrons. The maximum Gasteiger partial charge on any atom is 0.134 e. The van der Waals surface area contributed by atoms with Gasteiger partial charge in [-0.15, -0.1) is 0 Å². The van der Waals surface area contributed by atoms with Crippen molar-refractivity contribution >= 4 is 10.8 Å². The molecular weight excluding hydrogens is 186 g/mol. The van der Waals surface area contributed by atoms with Crippen LogP contribution < -0.4 is 10.5 Å². The summed E-state index contributed by atoms with van der Waals surface area (Å²) in [7, 11) is 0.523. The van der Waals surface area contributed by atoms with E-state index in [-0.39, 0.29) is 0 Å². The van der Waals surface area contributed by atoms with E-state index < -0.39 is 10.8 Å². The van der Waals surface area contributed by atoms with Gasteiger partial charge < -0.3 is 10.5 Å². The first-order valence-electron chi connectivity index (χ1n) is 4.01. The fourth-order valence-corrected chi connectivity index (χ4v) is 2.06. The second-order valence-electron chi connectivity index (χ2n) is 2.49. The highest BCUT2D eigenvalue weighted by molar-refractivity contribution is 7.85. The minimum atomic E-state index is -1.04. The lowest BCUT2D eigenvalue weighted by Crippen LogP contribution is -2.10. The number of para-hydroxylation sites is 1. The van der Waals surface area contributed by atoms with Gasteiger partial charge >= 0.3 is 0 Å². The van der Waals surface area contributed by atoms with Crippen molar-refractivity contribution in [3.8, 4) is 5.75 Å². The molecule has 3 nitrogen and oxygen atoms in total. The van der Waals surface area contributed by atoms with Gasteiger partial charge in [-0.25, -0.2) is 0 Å². The summed E-state index contributed by atoms with van der Waals surface area (Å²) < 4.78 is 16.7. The fourth-order valence-electron chi connectivity index (χ4n) is 1.02. The van der Waals surface area contributed by atoms with Gasteiger partial charge in [-0.2, -0.15) is 0 Å². The second-order valence-corrected chi connectivity index (χ2v) is 4.03. The van der Waals surface area contributed by atoms with E-state index in [1.807, 2.05) is 12.1 Å². The molecular formula is C9H13NO2S. The van der Waals surface area contributed by atoms with Crippen LogP contribution >= 0.6 is 0 Å². The van der Waals surface area contributed by atoms with Crippen molar-refractivity contribution in [1.29, 1.82) is 0 Å². The molecule has 0 spiro atoms. The van der Waals surface area contributed by atoms with Crippen LogP contribution in [0.15, 0.2) is 29.2 Å². The molecule has 0 bridgehead atoms. The molecule has 13 heavy (non-hydrogen) atoms. The Morgan fingerprint density at radius 3 is 2.77 bits per heavy atom. The zero-order valence-electron chi connectivity index (χ0n) is 7.53. The van der Waals surface area contributed by atoms with Gasteiger partial charge in [0.1, 0.15) is 5.75 Å². The summed E-state index contributed by atoms with van der Waals surface area (Å²) in [5.74, 6) is 1.13. The highest BCUT2D eigenvalue weighted by Gasteiger charge is 2.07. The molecule has 4 heteroatoms. The van der Waals surface area contributed by atoms with Gasteiger partial charge in [-0.3, -0.25) is 4.21 Å². The SMILES string of the molecule is COc1ccccc1S(=O)CCN. The lowest BCUT2D eigenvalue weighted by molar-refractivity contribution is 0.404. The third-order valence-electron chi connectivity index (χ3n) is 1.62. The van der Waals surface area contributed by atoms with Crippen molar-refractivity contribution in [2.45, 2.75) is 4.90 Å². The van der Waals surface area contributed by atoms with Crippen molar-refractivity contribution in [3.05, 3.63) is 24.3 Å². The molecule has 1 rings (SSSR count). The smallest absolute Gasteiger partial charge is 0.134 e. The van der Waals surface area contributed by atoms with Crippen LogP contribution in [-0.4, -0.2) is 23.6 Å². The standard InChI is InChI=1S/C9H13NO2S/c1-12-8-4-2-3-5-9(8)13(11)7-6-10/h2-5H,6-7,10H2,1H3. The molecule has 2 N–H and O–H groups in total. The Hall–Kier alpha value is -0.870. The lowest BCUT2D eigenvalue weighted by Gasteiger charge is -2.06.